The van der Waals surface area contributed by atoms with Crippen LogP contribution in [0.5, 0.6) is 5.75 Å². The first-order chi connectivity index (χ1) is 17.9. The summed E-state index contributed by atoms with van der Waals surface area (Å²) in [6, 6.07) is 17.3. The highest BCUT2D eigenvalue weighted by Gasteiger charge is 2.33. The van der Waals surface area contributed by atoms with Crippen molar-refractivity contribution in [2.45, 2.75) is 25.4 Å². The van der Waals surface area contributed by atoms with Crippen molar-refractivity contribution in [1.82, 2.24) is 5.16 Å². The van der Waals surface area contributed by atoms with E-state index >= 15 is 0 Å². The molecule has 0 bridgehead atoms. The van der Waals surface area contributed by atoms with Crippen molar-refractivity contribution >= 4 is 46.6 Å². The zero-order chi connectivity index (χ0) is 25.9. The molecule has 1 aliphatic carbocycles. The van der Waals surface area contributed by atoms with Crippen LogP contribution in [0.4, 0.5) is 10.5 Å². The lowest BCUT2D eigenvalue weighted by atomic mass is 10.0. The lowest BCUT2D eigenvalue weighted by Crippen LogP contribution is -2.06. The Hall–Kier alpha value is -3.63. The molecular weight excluding hydrogens is 535 g/mol. The second-order valence-electron chi connectivity index (χ2n) is 8.44. The van der Waals surface area contributed by atoms with Crippen LogP contribution >= 0.6 is 34.8 Å². The van der Waals surface area contributed by atoms with E-state index in [0.29, 0.717) is 54.8 Å². The van der Waals surface area contributed by atoms with Gasteiger partial charge in [0.05, 0.1) is 20.6 Å². The second-order valence-corrected chi connectivity index (χ2v) is 9.66. The lowest BCUT2D eigenvalue weighted by Gasteiger charge is -2.10. The molecule has 1 fully saturated rings. The van der Waals surface area contributed by atoms with Crippen molar-refractivity contribution in [2.24, 2.45) is 0 Å². The Bertz CT molecular complexity index is 1530. The molecule has 1 aliphatic rings. The minimum absolute atomic E-state index is 0.205. The average Bonchev–Trinajstić information content (AvgIpc) is 3.62. The van der Waals surface area contributed by atoms with Crippen molar-refractivity contribution in [3.8, 4) is 28.8 Å². The van der Waals surface area contributed by atoms with Crippen LogP contribution < -0.4 is 10.1 Å². The van der Waals surface area contributed by atoms with E-state index in [-0.39, 0.29) is 6.61 Å². The van der Waals surface area contributed by atoms with Gasteiger partial charge < -0.3 is 14.4 Å². The number of nitrogens with zero attached hydrogens (tertiary/aromatic N) is 1. The molecule has 1 amide bonds. The normalized spacial score (nSPS) is 12.5. The summed E-state index contributed by atoms with van der Waals surface area (Å²) >= 11 is 19.3. The van der Waals surface area contributed by atoms with E-state index in [1.165, 1.54) is 0 Å². The van der Waals surface area contributed by atoms with Gasteiger partial charge in [0.15, 0.2) is 0 Å². The molecule has 1 heterocycles. The molecule has 0 aliphatic heterocycles. The van der Waals surface area contributed by atoms with E-state index < -0.39 is 6.09 Å². The number of hydrogen-bond donors (Lipinski definition) is 2. The van der Waals surface area contributed by atoms with Gasteiger partial charge in [-0.15, -0.1) is 0 Å². The minimum atomic E-state index is -1.14. The van der Waals surface area contributed by atoms with Crippen LogP contribution in [0.1, 0.15) is 41.2 Å². The van der Waals surface area contributed by atoms with Crippen molar-refractivity contribution < 1.29 is 19.2 Å². The van der Waals surface area contributed by atoms with Crippen LogP contribution in [-0.2, 0) is 6.61 Å². The minimum Gasteiger partial charge on any atom is -0.489 e. The van der Waals surface area contributed by atoms with Gasteiger partial charge in [0.25, 0.3) is 0 Å². The number of carbonyl (C=O) groups is 1. The molecule has 0 unspecified atom stereocenters. The lowest BCUT2D eigenvalue weighted by molar-refractivity contribution is 0.209. The van der Waals surface area contributed by atoms with Crippen LogP contribution in [0, 0.1) is 11.8 Å². The summed E-state index contributed by atoms with van der Waals surface area (Å²) in [6.45, 7) is 0.205. The number of benzene rings is 3. The fraction of sp³-hybridized carbons (Fsp3) is 0.143. The Morgan fingerprint density at radius 1 is 1.03 bits per heavy atom. The quantitative estimate of drug-likeness (QED) is 0.235. The van der Waals surface area contributed by atoms with Gasteiger partial charge in [0, 0.05) is 34.4 Å². The number of ether oxygens (including phenoxy) is 1. The summed E-state index contributed by atoms with van der Waals surface area (Å²) in [5, 5.41) is 16.9. The Morgan fingerprint density at radius 2 is 1.78 bits per heavy atom. The van der Waals surface area contributed by atoms with E-state index in [0.717, 1.165) is 24.2 Å². The number of nitrogens with one attached hydrogen (secondary N) is 1. The van der Waals surface area contributed by atoms with Crippen molar-refractivity contribution in [1.29, 1.82) is 0 Å². The molecule has 9 heteroatoms. The first kappa shape index (κ1) is 25.0. The number of carboxylic acid groups (broad SMARTS) is 1. The summed E-state index contributed by atoms with van der Waals surface area (Å²) < 4.78 is 11.8. The maximum Gasteiger partial charge on any atom is 0.409 e. The molecule has 0 spiro atoms. The van der Waals surface area contributed by atoms with E-state index in [1.54, 1.807) is 60.7 Å². The number of aromatic nitrogens is 1. The Labute approximate surface area is 228 Å². The number of rotatable bonds is 6. The van der Waals surface area contributed by atoms with Crippen molar-refractivity contribution in [3.05, 3.63) is 98.2 Å². The van der Waals surface area contributed by atoms with Gasteiger partial charge in [0.1, 0.15) is 23.8 Å². The molecule has 1 aromatic heterocycles. The highest BCUT2D eigenvalue weighted by atomic mass is 35.5. The van der Waals surface area contributed by atoms with Gasteiger partial charge in [0.2, 0.25) is 0 Å². The van der Waals surface area contributed by atoms with Crippen LogP contribution in [-0.4, -0.2) is 16.4 Å². The molecule has 2 N–H and O–H groups in total. The summed E-state index contributed by atoms with van der Waals surface area (Å²) in [6.07, 6.45) is 0.930. The SMILES string of the molecule is O=C(O)Nc1cccc(C#Cc2ccc(OCc3c(-c4c(Cl)cccc4Cl)noc3C3CC3)cc2Cl)c1. The average molecular weight is 554 g/mol. The maximum atomic E-state index is 10.8. The molecule has 1 saturated carbocycles. The highest BCUT2D eigenvalue weighted by Crippen LogP contribution is 2.46. The Kier molecular flexibility index (Phi) is 7.29. The van der Waals surface area contributed by atoms with Gasteiger partial charge in [-0.25, -0.2) is 4.79 Å². The molecule has 0 saturated heterocycles. The predicted molar refractivity (Wildman–Crippen MR) is 144 cm³/mol. The van der Waals surface area contributed by atoms with Crippen LogP contribution in [0.2, 0.25) is 15.1 Å². The summed E-state index contributed by atoms with van der Waals surface area (Å²) in [5.74, 6) is 7.67. The molecule has 6 nitrogen and oxygen atoms in total. The number of anilines is 1. The highest BCUT2D eigenvalue weighted by molar-refractivity contribution is 6.39. The fourth-order valence-corrected chi connectivity index (χ4v) is 4.62. The monoisotopic (exact) mass is 552 g/mol. The molecule has 4 aromatic rings. The zero-order valence-corrected chi connectivity index (χ0v) is 21.5. The molecule has 3 aromatic carbocycles. The second kappa shape index (κ2) is 10.8. The third-order valence-corrected chi connectivity index (χ3v) is 6.69. The molecule has 0 atom stereocenters. The van der Waals surface area contributed by atoms with Crippen LogP contribution in [0.25, 0.3) is 11.3 Å². The summed E-state index contributed by atoms with van der Waals surface area (Å²) in [7, 11) is 0. The molecule has 5 rings (SSSR count). The maximum absolute atomic E-state index is 10.8. The van der Waals surface area contributed by atoms with E-state index in [1.807, 2.05) is 0 Å². The number of amides is 1. The van der Waals surface area contributed by atoms with Crippen LogP contribution in [0.15, 0.2) is 65.2 Å². The summed E-state index contributed by atoms with van der Waals surface area (Å²) in [5.41, 5.74) is 3.70. The number of hydrogen-bond acceptors (Lipinski definition) is 4. The predicted octanol–water partition coefficient (Wildman–Crippen LogP) is 8.25. The van der Waals surface area contributed by atoms with Crippen LogP contribution in [0.3, 0.4) is 0 Å². The molecule has 37 heavy (non-hydrogen) atoms. The Balaban J connectivity index is 1.35. The first-order valence-electron chi connectivity index (χ1n) is 11.4. The Morgan fingerprint density at radius 3 is 2.49 bits per heavy atom. The third kappa shape index (κ3) is 5.86. The fourth-order valence-electron chi connectivity index (χ4n) is 3.83. The van der Waals surface area contributed by atoms with Gasteiger partial charge in [-0.05, 0) is 55.3 Å². The van der Waals surface area contributed by atoms with E-state index in [2.05, 4.69) is 22.3 Å². The van der Waals surface area contributed by atoms with Gasteiger partial charge in [-0.2, -0.15) is 0 Å². The summed E-state index contributed by atoms with van der Waals surface area (Å²) in [4.78, 5) is 10.8. The molecule has 0 radical (unpaired) electrons. The van der Waals surface area contributed by atoms with Crippen molar-refractivity contribution in [2.75, 3.05) is 5.32 Å². The van der Waals surface area contributed by atoms with Gasteiger partial charge in [-0.3, -0.25) is 5.32 Å². The largest absolute Gasteiger partial charge is 0.489 e. The standard InChI is InChI=1S/C28H19Cl3N2O4/c29-22-5-2-6-23(30)25(22)26-21(27(37-33-26)18-9-10-18)15-36-20-12-11-17(24(31)14-20)8-7-16-3-1-4-19(13-16)32-28(34)35/h1-6,11-14,18,32H,9-10,15H2,(H,34,35). The zero-order valence-electron chi connectivity index (χ0n) is 19.2. The van der Waals surface area contributed by atoms with Crippen molar-refractivity contribution in [3.63, 3.8) is 0 Å². The molecular formula is C28H19Cl3N2O4. The van der Waals surface area contributed by atoms with E-state index in [9.17, 15) is 4.79 Å². The van der Waals surface area contributed by atoms with Gasteiger partial charge >= 0.3 is 6.09 Å². The first-order valence-corrected chi connectivity index (χ1v) is 12.5. The molecule has 186 valence electrons. The smallest absolute Gasteiger partial charge is 0.409 e. The van der Waals surface area contributed by atoms with Gasteiger partial charge in [-0.1, -0.05) is 63.9 Å². The third-order valence-electron chi connectivity index (χ3n) is 5.75. The van der Waals surface area contributed by atoms with E-state index in [4.69, 9.17) is 49.2 Å². The topological polar surface area (TPSA) is 84.6 Å². The number of halogens is 3.